The number of amides is 1. The number of ether oxygens (including phenoxy) is 1. The summed E-state index contributed by atoms with van der Waals surface area (Å²) in [7, 11) is 4.07. The number of aromatic nitrogens is 2. The van der Waals surface area contributed by atoms with E-state index in [1.165, 1.54) is 6.07 Å². The van der Waals surface area contributed by atoms with E-state index in [9.17, 15) is 9.90 Å². The van der Waals surface area contributed by atoms with E-state index >= 15 is 4.39 Å². The van der Waals surface area contributed by atoms with Gasteiger partial charge in [-0.3, -0.25) is 0 Å². The number of hydrogen-bond acceptors (Lipinski definition) is 8. The second-order valence-corrected chi connectivity index (χ2v) is 12.9. The highest BCUT2D eigenvalue weighted by Crippen LogP contribution is 2.42. The molecule has 11 heteroatoms. The van der Waals surface area contributed by atoms with Crippen molar-refractivity contribution < 1.29 is 19.0 Å². The van der Waals surface area contributed by atoms with Crippen LogP contribution in [0.5, 0.6) is 5.75 Å². The highest BCUT2D eigenvalue weighted by Gasteiger charge is 2.33. The molecule has 43 heavy (non-hydrogen) atoms. The van der Waals surface area contributed by atoms with Crippen LogP contribution >= 0.6 is 11.6 Å². The van der Waals surface area contributed by atoms with Gasteiger partial charge in [0, 0.05) is 56.3 Å². The molecule has 6 rings (SSSR count). The standard InChI is InChI=1S/C32H36ClFN6O3/c1-32(2,3)43-31(42)39-12-10-38(11-13-39)29-24-16-25(33)26(23-15-21(41)14-19-8-6-7-9-22(19)23)27(34)28(24)35-30(36-29)40-17-20(18-40)37(4)5/h6-9,14-16,20,41H,10-13,17-18H2,1-5H3. The fourth-order valence-corrected chi connectivity index (χ4v) is 5.97. The number of carbonyl (C=O) groups excluding carboxylic acids is 1. The first-order valence-corrected chi connectivity index (χ1v) is 14.8. The van der Waals surface area contributed by atoms with Gasteiger partial charge in [0.05, 0.1) is 5.02 Å². The van der Waals surface area contributed by atoms with Crippen molar-refractivity contribution in [2.24, 2.45) is 0 Å². The summed E-state index contributed by atoms with van der Waals surface area (Å²) >= 11 is 6.85. The van der Waals surface area contributed by atoms with E-state index in [4.69, 9.17) is 26.3 Å². The van der Waals surface area contributed by atoms with E-state index < -0.39 is 11.4 Å². The summed E-state index contributed by atoms with van der Waals surface area (Å²) in [6, 6.07) is 12.7. The van der Waals surface area contributed by atoms with Crippen molar-refractivity contribution in [3.63, 3.8) is 0 Å². The van der Waals surface area contributed by atoms with Gasteiger partial charge in [0.2, 0.25) is 5.95 Å². The molecule has 0 saturated carbocycles. The second-order valence-electron chi connectivity index (χ2n) is 12.5. The monoisotopic (exact) mass is 606 g/mol. The van der Waals surface area contributed by atoms with Crippen molar-refractivity contribution in [1.29, 1.82) is 0 Å². The van der Waals surface area contributed by atoms with E-state index in [-0.39, 0.29) is 27.9 Å². The number of likely N-dealkylation sites (N-methyl/N-ethyl adjacent to an activating group) is 1. The van der Waals surface area contributed by atoms with Crippen LogP contribution in [-0.2, 0) is 4.74 Å². The van der Waals surface area contributed by atoms with Gasteiger partial charge in [0.15, 0.2) is 5.82 Å². The fraction of sp³-hybridized carbons (Fsp3) is 0.406. The molecule has 0 spiro atoms. The predicted octanol–water partition coefficient (Wildman–Crippen LogP) is 5.76. The number of fused-ring (bicyclic) bond motifs is 2. The summed E-state index contributed by atoms with van der Waals surface area (Å²) in [5, 5.41) is 12.7. The molecule has 0 aliphatic carbocycles. The van der Waals surface area contributed by atoms with Crippen LogP contribution in [0, 0.1) is 5.82 Å². The van der Waals surface area contributed by atoms with Crippen molar-refractivity contribution >= 4 is 51.1 Å². The molecule has 2 fully saturated rings. The van der Waals surface area contributed by atoms with E-state index in [0.29, 0.717) is 54.9 Å². The molecular formula is C32H36ClFN6O3. The molecule has 226 valence electrons. The molecule has 1 aromatic heterocycles. The number of carbonyl (C=O) groups is 1. The number of anilines is 2. The zero-order valence-electron chi connectivity index (χ0n) is 25.1. The average Bonchev–Trinajstić information content (AvgIpc) is 2.91. The molecule has 0 atom stereocenters. The van der Waals surface area contributed by atoms with Gasteiger partial charge in [0.25, 0.3) is 0 Å². The molecule has 0 radical (unpaired) electrons. The first-order chi connectivity index (χ1) is 20.4. The minimum absolute atomic E-state index is 0.0199. The molecule has 9 nitrogen and oxygen atoms in total. The topological polar surface area (TPSA) is 85.3 Å². The molecule has 0 unspecified atom stereocenters. The number of benzene rings is 3. The maximum absolute atomic E-state index is 16.7. The number of nitrogens with zero attached hydrogens (tertiary/aromatic N) is 6. The highest BCUT2D eigenvalue weighted by atomic mass is 35.5. The Labute approximate surface area is 255 Å². The summed E-state index contributed by atoms with van der Waals surface area (Å²) in [4.78, 5) is 30.3. The van der Waals surface area contributed by atoms with Gasteiger partial charge in [-0.25, -0.2) is 14.2 Å². The largest absolute Gasteiger partial charge is 0.508 e. The Hall–Kier alpha value is -3.89. The van der Waals surface area contributed by atoms with Crippen LogP contribution in [0.15, 0.2) is 42.5 Å². The van der Waals surface area contributed by atoms with Crippen LogP contribution in [0.3, 0.4) is 0 Å². The normalized spacial score (nSPS) is 16.3. The van der Waals surface area contributed by atoms with E-state index in [1.807, 2.05) is 64.0 Å². The lowest BCUT2D eigenvalue weighted by molar-refractivity contribution is 0.0240. The van der Waals surface area contributed by atoms with Crippen molar-refractivity contribution in [3.05, 3.63) is 53.3 Å². The molecule has 3 heterocycles. The Kier molecular flexibility index (Phi) is 7.46. The first kappa shape index (κ1) is 29.2. The lowest BCUT2D eigenvalue weighted by atomic mass is 9.96. The van der Waals surface area contributed by atoms with Crippen molar-refractivity contribution in [2.75, 3.05) is 63.2 Å². The molecule has 2 aliphatic rings. The van der Waals surface area contributed by atoms with Crippen molar-refractivity contribution in [3.8, 4) is 16.9 Å². The summed E-state index contributed by atoms with van der Waals surface area (Å²) in [5.41, 5.74) is 0.251. The second kappa shape index (κ2) is 11.0. The Morgan fingerprint density at radius 1 is 1.02 bits per heavy atom. The SMILES string of the molecule is CN(C)C1CN(c2nc(N3CCN(C(=O)OC(C)(C)C)CC3)c3cc(Cl)c(-c4cc(O)cc5ccccc45)c(F)c3n2)C1. The molecule has 2 saturated heterocycles. The number of rotatable bonds is 4. The average molecular weight is 607 g/mol. The van der Waals surface area contributed by atoms with Gasteiger partial charge < -0.3 is 29.4 Å². The third kappa shape index (κ3) is 5.61. The molecular weight excluding hydrogens is 571 g/mol. The fourth-order valence-electron chi connectivity index (χ4n) is 5.67. The number of halogens is 2. The number of phenols is 1. The minimum atomic E-state index is -0.583. The van der Waals surface area contributed by atoms with Crippen LogP contribution in [0.25, 0.3) is 32.8 Å². The number of piperazine rings is 1. The molecule has 3 aromatic carbocycles. The first-order valence-electron chi connectivity index (χ1n) is 14.5. The predicted molar refractivity (Wildman–Crippen MR) is 169 cm³/mol. The van der Waals surface area contributed by atoms with E-state index in [0.717, 1.165) is 23.9 Å². The minimum Gasteiger partial charge on any atom is -0.508 e. The van der Waals surface area contributed by atoms with Crippen LogP contribution in [0.1, 0.15) is 20.8 Å². The van der Waals surface area contributed by atoms with Gasteiger partial charge in [-0.1, -0.05) is 35.9 Å². The van der Waals surface area contributed by atoms with Crippen molar-refractivity contribution in [2.45, 2.75) is 32.4 Å². The molecule has 4 aromatic rings. The summed E-state index contributed by atoms with van der Waals surface area (Å²) < 4.78 is 22.3. The zero-order valence-corrected chi connectivity index (χ0v) is 25.8. The van der Waals surface area contributed by atoms with Gasteiger partial charge in [-0.2, -0.15) is 4.98 Å². The highest BCUT2D eigenvalue weighted by molar-refractivity contribution is 6.35. The third-order valence-electron chi connectivity index (χ3n) is 8.07. The zero-order chi connectivity index (χ0) is 30.6. The van der Waals surface area contributed by atoms with Crippen LogP contribution in [-0.4, -0.2) is 96.0 Å². The molecule has 2 aliphatic heterocycles. The van der Waals surface area contributed by atoms with Crippen LogP contribution < -0.4 is 9.80 Å². The van der Waals surface area contributed by atoms with Gasteiger partial charge in [-0.15, -0.1) is 0 Å². The lowest BCUT2D eigenvalue weighted by Gasteiger charge is -2.43. The maximum atomic E-state index is 16.7. The van der Waals surface area contributed by atoms with Crippen LogP contribution in [0.2, 0.25) is 5.02 Å². The lowest BCUT2D eigenvalue weighted by Crippen LogP contribution is -2.58. The number of phenolic OH excluding ortho intramolecular Hbond substituents is 1. The Balaban J connectivity index is 1.44. The Bertz CT molecular complexity index is 1710. The third-order valence-corrected chi connectivity index (χ3v) is 8.37. The van der Waals surface area contributed by atoms with Crippen molar-refractivity contribution in [1.82, 2.24) is 19.8 Å². The summed E-state index contributed by atoms with van der Waals surface area (Å²) in [5.74, 6) is 0.472. The van der Waals surface area contributed by atoms with Crippen LogP contribution in [0.4, 0.5) is 21.0 Å². The van der Waals surface area contributed by atoms with Gasteiger partial charge >= 0.3 is 6.09 Å². The molecule has 1 N–H and O–H groups in total. The van der Waals surface area contributed by atoms with E-state index in [1.54, 1.807) is 17.0 Å². The van der Waals surface area contributed by atoms with E-state index in [2.05, 4.69) is 9.80 Å². The molecule has 0 bridgehead atoms. The quantitative estimate of drug-likeness (QED) is 0.314. The maximum Gasteiger partial charge on any atom is 0.410 e. The number of aromatic hydroxyl groups is 1. The summed E-state index contributed by atoms with van der Waals surface area (Å²) in [6.45, 7) is 8.84. The Morgan fingerprint density at radius 3 is 2.40 bits per heavy atom. The van der Waals surface area contributed by atoms with Gasteiger partial charge in [0.1, 0.15) is 22.7 Å². The summed E-state index contributed by atoms with van der Waals surface area (Å²) in [6.07, 6.45) is -0.354. The van der Waals surface area contributed by atoms with Gasteiger partial charge in [-0.05, 0) is 69.4 Å². The smallest absolute Gasteiger partial charge is 0.410 e. The Morgan fingerprint density at radius 2 is 1.72 bits per heavy atom. The molecule has 1 amide bonds. The number of hydrogen-bond donors (Lipinski definition) is 1.